The van der Waals surface area contributed by atoms with E-state index < -0.39 is 17.8 Å². The molecule has 0 atom stereocenters. The lowest BCUT2D eigenvalue weighted by Crippen LogP contribution is -2.29. The van der Waals surface area contributed by atoms with E-state index in [2.05, 4.69) is 25.7 Å². The second-order valence-corrected chi connectivity index (χ2v) is 5.62. The summed E-state index contributed by atoms with van der Waals surface area (Å²) in [6.45, 7) is 0.177. The number of aryl methyl sites for hydroxylation is 1. The Morgan fingerprint density at radius 1 is 1.15 bits per heavy atom. The maximum absolute atomic E-state index is 12.5. The van der Waals surface area contributed by atoms with E-state index in [0.717, 1.165) is 17.8 Å². The predicted octanol–water partition coefficient (Wildman–Crippen LogP) is 3.22. The van der Waals surface area contributed by atoms with Crippen molar-refractivity contribution in [3.63, 3.8) is 0 Å². The van der Waals surface area contributed by atoms with Crippen LogP contribution < -0.4 is 10.6 Å². The number of alkyl halides is 3. The Balaban J connectivity index is 1.59. The van der Waals surface area contributed by atoms with Gasteiger partial charge in [0.15, 0.2) is 0 Å². The van der Waals surface area contributed by atoms with Crippen LogP contribution in [-0.4, -0.2) is 25.8 Å². The molecule has 27 heavy (non-hydrogen) atoms. The summed E-state index contributed by atoms with van der Waals surface area (Å²) in [6, 6.07) is 5.42. The number of amides is 2. The number of nitrogens with zero attached hydrogens (tertiary/aromatic N) is 4. The summed E-state index contributed by atoms with van der Waals surface area (Å²) in [6.07, 6.45) is 0.276. The number of rotatable bonds is 4. The van der Waals surface area contributed by atoms with Crippen LogP contribution in [0.15, 0.2) is 48.9 Å². The zero-order valence-electron chi connectivity index (χ0n) is 14.2. The lowest BCUT2D eigenvalue weighted by atomic mass is 10.2. The van der Waals surface area contributed by atoms with Crippen molar-refractivity contribution in [2.45, 2.75) is 12.7 Å². The number of benzene rings is 1. The molecule has 0 aliphatic heterocycles. The highest BCUT2D eigenvalue weighted by Gasteiger charge is 2.29. The minimum absolute atomic E-state index is 0.177. The Hall–Kier alpha value is -3.43. The Morgan fingerprint density at radius 2 is 1.89 bits per heavy atom. The molecule has 2 amide bonds. The van der Waals surface area contributed by atoms with Crippen LogP contribution in [0.1, 0.15) is 11.3 Å². The first-order valence-corrected chi connectivity index (χ1v) is 7.84. The van der Waals surface area contributed by atoms with Crippen LogP contribution in [0.4, 0.5) is 23.7 Å². The van der Waals surface area contributed by atoms with E-state index in [1.165, 1.54) is 12.1 Å². The molecule has 0 spiro atoms. The zero-order valence-corrected chi connectivity index (χ0v) is 14.2. The van der Waals surface area contributed by atoms with E-state index >= 15 is 0 Å². The third-order valence-electron chi connectivity index (χ3n) is 3.70. The van der Waals surface area contributed by atoms with Gasteiger partial charge < -0.3 is 10.6 Å². The van der Waals surface area contributed by atoms with Crippen molar-refractivity contribution in [2.24, 2.45) is 7.05 Å². The second kappa shape index (κ2) is 7.44. The molecule has 0 aliphatic rings. The highest BCUT2D eigenvalue weighted by atomic mass is 19.4. The van der Waals surface area contributed by atoms with Crippen LogP contribution in [0.25, 0.3) is 11.4 Å². The molecule has 0 unspecified atom stereocenters. The van der Waals surface area contributed by atoms with Gasteiger partial charge in [-0.1, -0.05) is 0 Å². The van der Waals surface area contributed by atoms with Gasteiger partial charge in [-0.25, -0.2) is 4.79 Å². The molecule has 0 bridgehead atoms. The van der Waals surface area contributed by atoms with Crippen LogP contribution in [-0.2, 0) is 19.8 Å². The van der Waals surface area contributed by atoms with Crippen molar-refractivity contribution in [1.82, 2.24) is 25.1 Å². The van der Waals surface area contributed by atoms with Crippen molar-refractivity contribution >= 4 is 11.7 Å². The molecule has 0 aliphatic carbocycles. The van der Waals surface area contributed by atoms with Gasteiger partial charge in [0.25, 0.3) is 0 Å². The van der Waals surface area contributed by atoms with E-state index in [4.69, 9.17) is 0 Å². The van der Waals surface area contributed by atoms with E-state index in [1.54, 1.807) is 36.4 Å². The van der Waals surface area contributed by atoms with E-state index in [9.17, 15) is 18.0 Å². The number of aromatic nitrogens is 4. The number of nitrogens with one attached hydrogen (secondary N) is 2. The van der Waals surface area contributed by atoms with Gasteiger partial charge in [-0.05, 0) is 30.3 Å². The Labute approximate surface area is 152 Å². The summed E-state index contributed by atoms with van der Waals surface area (Å²) < 4.78 is 39.2. The number of hydrogen-bond donors (Lipinski definition) is 2. The summed E-state index contributed by atoms with van der Waals surface area (Å²) in [5.74, 6) is 0. The van der Waals surface area contributed by atoms with Gasteiger partial charge in [0.05, 0.1) is 24.0 Å². The monoisotopic (exact) mass is 376 g/mol. The lowest BCUT2D eigenvalue weighted by molar-refractivity contribution is -0.137. The molecule has 3 aromatic rings. The predicted molar refractivity (Wildman–Crippen MR) is 91.5 cm³/mol. The summed E-state index contributed by atoms with van der Waals surface area (Å²) in [5, 5.41) is 9.42. The van der Waals surface area contributed by atoms with Gasteiger partial charge in [-0.15, -0.1) is 0 Å². The lowest BCUT2D eigenvalue weighted by Gasteiger charge is -2.10. The number of halogens is 3. The van der Waals surface area contributed by atoms with E-state index in [1.807, 2.05) is 0 Å². The van der Waals surface area contributed by atoms with Crippen LogP contribution in [0.5, 0.6) is 0 Å². The highest BCUT2D eigenvalue weighted by molar-refractivity contribution is 5.89. The normalized spacial score (nSPS) is 11.3. The molecule has 2 aromatic heterocycles. The Morgan fingerprint density at radius 3 is 2.52 bits per heavy atom. The third kappa shape index (κ3) is 4.60. The van der Waals surface area contributed by atoms with Crippen molar-refractivity contribution < 1.29 is 18.0 Å². The summed E-state index contributed by atoms with van der Waals surface area (Å²) in [7, 11) is 1.73. The molecule has 0 saturated heterocycles. The van der Waals surface area contributed by atoms with Gasteiger partial charge in [0, 0.05) is 25.1 Å². The Kier molecular flexibility index (Phi) is 5.06. The van der Waals surface area contributed by atoms with Crippen LogP contribution in [0.2, 0.25) is 0 Å². The fourth-order valence-corrected chi connectivity index (χ4v) is 2.32. The first-order valence-electron chi connectivity index (χ1n) is 7.84. The minimum Gasteiger partial charge on any atom is -0.332 e. The molecule has 140 valence electrons. The van der Waals surface area contributed by atoms with Crippen LogP contribution in [0.3, 0.4) is 0 Å². The summed E-state index contributed by atoms with van der Waals surface area (Å²) >= 11 is 0. The number of carbonyl (C=O) groups excluding carboxylic acids is 1. The second-order valence-electron chi connectivity index (χ2n) is 5.62. The van der Waals surface area contributed by atoms with Crippen molar-refractivity contribution in [2.75, 3.05) is 5.32 Å². The maximum atomic E-state index is 12.5. The summed E-state index contributed by atoms with van der Waals surface area (Å²) in [5.41, 5.74) is 1.42. The number of urea groups is 1. The number of anilines is 1. The fraction of sp³-hybridized carbons (Fsp3) is 0.176. The van der Waals surface area contributed by atoms with E-state index in [0.29, 0.717) is 11.4 Å². The molecule has 3 rings (SSSR count). The standard InChI is InChI=1S/C17H15F3N6O/c1-26-13(8-14(25-26)15-10-21-6-7-22-15)9-23-16(27)24-12-4-2-11(3-5-12)17(18,19)20/h2-8,10H,9H2,1H3,(H2,23,24,27). The molecular formula is C17H15F3N6O. The molecular weight excluding hydrogens is 361 g/mol. The quantitative estimate of drug-likeness (QED) is 0.732. The third-order valence-corrected chi connectivity index (χ3v) is 3.70. The van der Waals surface area contributed by atoms with Gasteiger partial charge in [-0.3, -0.25) is 14.6 Å². The molecule has 10 heteroatoms. The highest BCUT2D eigenvalue weighted by Crippen LogP contribution is 2.29. The molecule has 2 N–H and O–H groups in total. The summed E-state index contributed by atoms with van der Waals surface area (Å²) in [4.78, 5) is 20.1. The molecule has 1 aromatic carbocycles. The minimum atomic E-state index is -4.42. The van der Waals surface area contributed by atoms with Crippen molar-refractivity contribution in [3.8, 4) is 11.4 Å². The van der Waals surface area contributed by atoms with Crippen molar-refractivity contribution in [1.29, 1.82) is 0 Å². The van der Waals surface area contributed by atoms with Crippen LogP contribution >= 0.6 is 0 Å². The molecule has 0 fully saturated rings. The topological polar surface area (TPSA) is 84.7 Å². The first-order chi connectivity index (χ1) is 12.8. The van der Waals surface area contributed by atoms with Gasteiger partial charge in [-0.2, -0.15) is 18.3 Å². The van der Waals surface area contributed by atoms with Gasteiger partial charge in [0.2, 0.25) is 0 Å². The zero-order chi connectivity index (χ0) is 19.4. The largest absolute Gasteiger partial charge is 0.416 e. The Bertz CT molecular complexity index is 922. The average Bonchev–Trinajstić information content (AvgIpc) is 3.01. The smallest absolute Gasteiger partial charge is 0.332 e. The first kappa shape index (κ1) is 18.4. The number of hydrogen-bond acceptors (Lipinski definition) is 4. The molecule has 2 heterocycles. The maximum Gasteiger partial charge on any atom is 0.416 e. The van der Waals surface area contributed by atoms with Gasteiger partial charge in [0.1, 0.15) is 11.4 Å². The van der Waals surface area contributed by atoms with Crippen molar-refractivity contribution in [3.05, 3.63) is 60.2 Å². The molecule has 0 radical (unpaired) electrons. The average molecular weight is 376 g/mol. The van der Waals surface area contributed by atoms with E-state index in [-0.39, 0.29) is 12.2 Å². The SMILES string of the molecule is Cn1nc(-c2cnccn2)cc1CNC(=O)Nc1ccc(C(F)(F)F)cc1. The molecule has 0 saturated carbocycles. The number of carbonyl (C=O) groups is 1. The molecule has 7 nitrogen and oxygen atoms in total. The van der Waals surface area contributed by atoms with Crippen LogP contribution in [0, 0.1) is 0 Å². The van der Waals surface area contributed by atoms with Gasteiger partial charge >= 0.3 is 12.2 Å². The fourth-order valence-electron chi connectivity index (χ4n) is 2.32.